The zero-order valence-corrected chi connectivity index (χ0v) is 9.20. The number of ether oxygens (including phenoxy) is 1. The van der Waals surface area contributed by atoms with Crippen LogP contribution in [0.3, 0.4) is 0 Å². The summed E-state index contributed by atoms with van der Waals surface area (Å²) in [5.41, 5.74) is -3.29. The second-order valence-corrected chi connectivity index (χ2v) is 3.98. The van der Waals surface area contributed by atoms with Crippen molar-refractivity contribution in [2.45, 2.75) is 24.4 Å². The van der Waals surface area contributed by atoms with Crippen molar-refractivity contribution in [3.63, 3.8) is 0 Å². The standard InChI is InChI=1S/C10H11N2O6/c13-4-7-6(15)3-10(5-14,18-7)12-2-1-8(16)11-9(12)17/h1-2,6-7,13,15H,3-4H2,(H,11,16,17)/t6-,7+,10-/m0/s1. The molecule has 2 rings (SSSR count). The second kappa shape index (κ2) is 4.48. The van der Waals surface area contributed by atoms with Crippen molar-refractivity contribution in [2.75, 3.05) is 6.61 Å². The summed E-state index contributed by atoms with van der Waals surface area (Å²) in [7, 11) is 0. The Hall–Kier alpha value is -1.77. The highest BCUT2D eigenvalue weighted by molar-refractivity contribution is 5.61. The van der Waals surface area contributed by atoms with Crippen molar-refractivity contribution in [3.8, 4) is 0 Å². The van der Waals surface area contributed by atoms with Gasteiger partial charge in [0.2, 0.25) is 5.72 Å². The van der Waals surface area contributed by atoms with Gasteiger partial charge in [-0.25, -0.2) is 4.79 Å². The zero-order chi connectivity index (χ0) is 13.3. The fraction of sp³-hybridized carbons (Fsp3) is 0.500. The van der Waals surface area contributed by atoms with Crippen LogP contribution < -0.4 is 11.2 Å². The molecule has 0 unspecified atom stereocenters. The Morgan fingerprint density at radius 1 is 1.61 bits per heavy atom. The van der Waals surface area contributed by atoms with Gasteiger partial charge in [-0.1, -0.05) is 0 Å². The molecule has 0 saturated carbocycles. The predicted octanol–water partition coefficient (Wildman–Crippen LogP) is -2.56. The van der Waals surface area contributed by atoms with Gasteiger partial charge < -0.3 is 14.9 Å². The number of H-pyrrole nitrogens is 1. The number of nitrogens with one attached hydrogen (secondary N) is 1. The first-order valence-electron chi connectivity index (χ1n) is 5.21. The Morgan fingerprint density at radius 2 is 2.33 bits per heavy atom. The van der Waals surface area contributed by atoms with Crippen LogP contribution in [0.15, 0.2) is 21.9 Å². The molecule has 1 aliphatic heterocycles. The molecule has 8 nitrogen and oxygen atoms in total. The molecular weight excluding hydrogens is 244 g/mol. The SMILES string of the molecule is O=[C][C@]1(n2ccc(=O)[nH]c2=O)C[C@H](O)[C@@H](CO)O1. The summed E-state index contributed by atoms with van der Waals surface area (Å²) in [4.78, 5) is 35.6. The largest absolute Gasteiger partial charge is 0.394 e. The average Bonchev–Trinajstić information content (AvgIpc) is 2.67. The molecule has 1 saturated heterocycles. The highest BCUT2D eigenvalue weighted by Gasteiger charge is 2.48. The van der Waals surface area contributed by atoms with Crippen LogP contribution in [0.2, 0.25) is 0 Å². The fourth-order valence-corrected chi connectivity index (χ4v) is 1.92. The number of hydrogen-bond acceptors (Lipinski definition) is 6. The van der Waals surface area contributed by atoms with Crippen molar-refractivity contribution >= 4 is 6.29 Å². The Balaban J connectivity index is 2.49. The Kier molecular flexibility index (Phi) is 3.16. The maximum absolute atomic E-state index is 11.6. The van der Waals surface area contributed by atoms with Gasteiger partial charge in [0.25, 0.3) is 11.8 Å². The van der Waals surface area contributed by atoms with E-state index < -0.39 is 35.8 Å². The first-order chi connectivity index (χ1) is 8.52. The van der Waals surface area contributed by atoms with E-state index in [0.29, 0.717) is 0 Å². The van der Waals surface area contributed by atoms with Gasteiger partial charge in [-0.3, -0.25) is 19.1 Å². The summed E-state index contributed by atoms with van der Waals surface area (Å²) in [6, 6.07) is 1.04. The number of rotatable bonds is 3. The molecule has 0 spiro atoms. The van der Waals surface area contributed by atoms with E-state index in [1.807, 2.05) is 4.98 Å². The lowest BCUT2D eigenvalue weighted by Crippen LogP contribution is -2.45. The molecular formula is C10H11N2O6. The summed E-state index contributed by atoms with van der Waals surface area (Å²) in [6.07, 6.45) is 0.317. The topological polar surface area (TPSA) is 122 Å². The third kappa shape index (κ3) is 1.90. The molecule has 3 N–H and O–H groups in total. The summed E-state index contributed by atoms with van der Waals surface area (Å²) in [5.74, 6) is 0. The predicted molar refractivity (Wildman–Crippen MR) is 57.6 cm³/mol. The van der Waals surface area contributed by atoms with E-state index in [-0.39, 0.29) is 6.42 Å². The Labute approximate surface area is 100 Å². The first-order valence-corrected chi connectivity index (χ1v) is 5.21. The molecule has 8 heteroatoms. The average molecular weight is 255 g/mol. The van der Waals surface area contributed by atoms with E-state index in [1.165, 1.54) is 0 Å². The van der Waals surface area contributed by atoms with Crippen LogP contribution in [0.4, 0.5) is 0 Å². The number of carbonyl (C=O) groups excluding carboxylic acids is 1. The number of aliphatic hydroxyl groups excluding tert-OH is 2. The van der Waals surface area contributed by atoms with E-state index in [2.05, 4.69) is 0 Å². The van der Waals surface area contributed by atoms with Crippen molar-refractivity contribution < 1.29 is 19.7 Å². The van der Waals surface area contributed by atoms with Gasteiger partial charge in [0, 0.05) is 18.7 Å². The lowest BCUT2D eigenvalue weighted by Gasteiger charge is -2.23. The lowest BCUT2D eigenvalue weighted by atomic mass is 10.1. The van der Waals surface area contributed by atoms with Crippen molar-refractivity contribution in [3.05, 3.63) is 33.1 Å². The summed E-state index contributed by atoms with van der Waals surface area (Å²) in [5, 5.41) is 18.6. The van der Waals surface area contributed by atoms with Gasteiger partial charge in [0.1, 0.15) is 6.10 Å². The van der Waals surface area contributed by atoms with Gasteiger partial charge in [-0.05, 0) is 0 Å². The number of aromatic amines is 1. The summed E-state index contributed by atoms with van der Waals surface area (Å²) in [6.45, 7) is -0.497. The van der Waals surface area contributed by atoms with Crippen molar-refractivity contribution in [2.24, 2.45) is 0 Å². The van der Waals surface area contributed by atoms with Crippen LogP contribution >= 0.6 is 0 Å². The molecule has 1 fully saturated rings. The monoisotopic (exact) mass is 255 g/mol. The van der Waals surface area contributed by atoms with Crippen LogP contribution in [0.1, 0.15) is 6.42 Å². The number of nitrogens with zero attached hydrogens (tertiary/aromatic N) is 1. The van der Waals surface area contributed by atoms with Gasteiger partial charge in [0.05, 0.1) is 12.7 Å². The maximum atomic E-state index is 11.6. The van der Waals surface area contributed by atoms with E-state index in [0.717, 1.165) is 16.8 Å². The van der Waals surface area contributed by atoms with Gasteiger partial charge in [-0.15, -0.1) is 0 Å². The minimum atomic E-state index is -1.83. The molecule has 0 aliphatic carbocycles. The molecule has 1 radical (unpaired) electrons. The summed E-state index contributed by atoms with van der Waals surface area (Å²) < 4.78 is 6.02. The quantitative estimate of drug-likeness (QED) is 0.546. The molecule has 97 valence electrons. The fourth-order valence-electron chi connectivity index (χ4n) is 1.92. The highest BCUT2D eigenvalue weighted by atomic mass is 16.6. The maximum Gasteiger partial charge on any atom is 0.331 e. The van der Waals surface area contributed by atoms with E-state index >= 15 is 0 Å². The molecule has 18 heavy (non-hydrogen) atoms. The lowest BCUT2D eigenvalue weighted by molar-refractivity contribution is -0.0782. The van der Waals surface area contributed by atoms with Crippen molar-refractivity contribution in [1.29, 1.82) is 0 Å². The van der Waals surface area contributed by atoms with Crippen LogP contribution in [0.5, 0.6) is 0 Å². The molecule has 0 bridgehead atoms. The van der Waals surface area contributed by atoms with Crippen LogP contribution in [0, 0.1) is 0 Å². The van der Waals surface area contributed by atoms with E-state index in [9.17, 15) is 19.5 Å². The number of hydrogen-bond donors (Lipinski definition) is 3. The zero-order valence-electron chi connectivity index (χ0n) is 9.20. The smallest absolute Gasteiger partial charge is 0.331 e. The molecule has 3 atom stereocenters. The minimum Gasteiger partial charge on any atom is -0.394 e. The molecule has 1 aromatic rings. The molecule has 0 aromatic carbocycles. The Morgan fingerprint density at radius 3 is 2.83 bits per heavy atom. The molecule has 1 aromatic heterocycles. The van der Waals surface area contributed by atoms with Crippen LogP contribution in [-0.2, 0) is 15.3 Å². The third-order valence-electron chi connectivity index (χ3n) is 2.81. The first kappa shape index (κ1) is 12.7. The van der Waals surface area contributed by atoms with Gasteiger partial charge in [-0.2, -0.15) is 0 Å². The minimum absolute atomic E-state index is 0.228. The van der Waals surface area contributed by atoms with Gasteiger partial charge in [0.15, 0.2) is 0 Å². The highest BCUT2D eigenvalue weighted by Crippen LogP contribution is 2.32. The molecule has 1 aliphatic rings. The Bertz CT molecular complexity index is 564. The molecule has 2 heterocycles. The number of aromatic nitrogens is 2. The van der Waals surface area contributed by atoms with Crippen molar-refractivity contribution in [1.82, 2.24) is 9.55 Å². The van der Waals surface area contributed by atoms with Crippen LogP contribution in [-0.4, -0.2) is 44.9 Å². The second-order valence-electron chi connectivity index (χ2n) is 3.98. The van der Waals surface area contributed by atoms with E-state index in [4.69, 9.17) is 9.84 Å². The third-order valence-corrected chi connectivity index (χ3v) is 2.81. The summed E-state index contributed by atoms with van der Waals surface area (Å²) >= 11 is 0. The molecule has 0 amide bonds. The van der Waals surface area contributed by atoms with E-state index in [1.54, 1.807) is 6.29 Å². The number of aliphatic hydroxyl groups is 2. The van der Waals surface area contributed by atoms with Gasteiger partial charge >= 0.3 is 5.69 Å². The van der Waals surface area contributed by atoms with Crippen LogP contribution in [0.25, 0.3) is 0 Å². The normalized spacial score (nSPS) is 31.4.